The molecule has 0 saturated carbocycles. The van der Waals surface area contributed by atoms with Crippen LogP contribution in [0.3, 0.4) is 0 Å². The molecule has 0 aliphatic carbocycles. The highest BCUT2D eigenvalue weighted by molar-refractivity contribution is 7.89. The minimum absolute atomic E-state index is 0.0438. The molecule has 1 fully saturated rings. The van der Waals surface area contributed by atoms with Crippen molar-refractivity contribution in [1.29, 1.82) is 0 Å². The van der Waals surface area contributed by atoms with Crippen LogP contribution in [-0.2, 0) is 10.0 Å². The average Bonchev–Trinajstić information content (AvgIpc) is 2.82. The van der Waals surface area contributed by atoms with E-state index in [0.29, 0.717) is 25.3 Å². The van der Waals surface area contributed by atoms with Crippen molar-refractivity contribution in [3.05, 3.63) is 53.1 Å². The molecule has 0 radical (unpaired) electrons. The predicted octanol–water partition coefficient (Wildman–Crippen LogP) is 4.07. The summed E-state index contributed by atoms with van der Waals surface area (Å²) in [7, 11) is -0.782. The van der Waals surface area contributed by atoms with Crippen molar-refractivity contribution in [2.75, 3.05) is 27.3 Å². The van der Waals surface area contributed by atoms with Crippen molar-refractivity contribution < 1.29 is 22.7 Å². The second kappa shape index (κ2) is 10.4. The van der Waals surface area contributed by atoms with Crippen molar-refractivity contribution in [1.82, 2.24) is 9.62 Å². The minimum Gasteiger partial charge on any atom is -0.496 e. The Kier molecular flexibility index (Phi) is 7.79. The molecule has 1 atom stereocenters. The number of nitrogens with one attached hydrogen (secondary N) is 1. The molecule has 8 heteroatoms. The van der Waals surface area contributed by atoms with Crippen LogP contribution in [0.2, 0.25) is 0 Å². The monoisotopic (exact) mass is 460 g/mol. The number of rotatable bonds is 8. The molecule has 1 aliphatic rings. The third kappa shape index (κ3) is 5.24. The van der Waals surface area contributed by atoms with Gasteiger partial charge < -0.3 is 14.4 Å². The number of carbonyl (C=O) groups is 1. The van der Waals surface area contributed by atoms with Crippen molar-refractivity contribution in [3.63, 3.8) is 0 Å². The molecule has 0 bridgehead atoms. The summed E-state index contributed by atoms with van der Waals surface area (Å²) in [6.45, 7) is 5.19. The fourth-order valence-electron chi connectivity index (χ4n) is 4.05. The van der Waals surface area contributed by atoms with Gasteiger partial charge in [0.2, 0.25) is 10.0 Å². The van der Waals surface area contributed by atoms with Gasteiger partial charge in [0.15, 0.2) is 0 Å². The molecule has 1 aliphatic heterocycles. The number of hydrogen-bond acceptors (Lipinski definition) is 5. The van der Waals surface area contributed by atoms with Crippen LogP contribution >= 0.6 is 0 Å². The van der Waals surface area contributed by atoms with Gasteiger partial charge in [-0.15, -0.1) is 0 Å². The van der Waals surface area contributed by atoms with Gasteiger partial charge in [-0.3, -0.25) is 4.79 Å². The highest BCUT2D eigenvalue weighted by Crippen LogP contribution is 2.28. The maximum absolute atomic E-state index is 13.2. The maximum atomic E-state index is 13.2. The van der Waals surface area contributed by atoms with Crippen LogP contribution < -0.4 is 14.2 Å². The van der Waals surface area contributed by atoms with Crippen LogP contribution in [0.15, 0.2) is 41.3 Å². The normalized spacial score (nSPS) is 15.3. The number of hydrogen-bond donors (Lipinski definition) is 1. The lowest BCUT2D eigenvalue weighted by molar-refractivity contribution is 0.0720. The number of sulfonamides is 1. The van der Waals surface area contributed by atoms with E-state index in [1.165, 1.54) is 19.2 Å². The van der Waals surface area contributed by atoms with Gasteiger partial charge in [0.1, 0.15) is 11.5 Å². The summed E-state index contributed by atoms with van der Waals surface area (Å²) in [6, 6.07) is 9.66. The second-order valence-corrected chi connectivity index (χ2v) is 9.74. The predicted molar refractivity (Wildman–Crippen MR) is 124 cm³/mol. The zero-order valence-electron chi connectivity index (χ0n) is 19.2. The first-order valence-corrected chi connectivity index (χ1v) is 12.4. The third-order valence-electron chi connectivity index (χ3n) is 5.88. The van der Waals surface area contributed by atoms with E-state index in [2.05, 4.69) is 4.72 Å². The van der Waals surface area contributed by atoms with Crippen LogP contribution in [0.25, 0.3) is 0 Å². The molecular weight excluding hydrogens is 428 g/mol. The number of likely N-dealkylation sites (tertiary alicyclic amines) is 1. The topological polar surface area (TPSA) is 84.9 Å². The fourth-order valence-corrected chi connectivity index (χ4v) is 5.38. The van der Waals surface area contributed by atoms with E-state index in [1.807, 2.05) is 32.0 Å². The number of piperidine rings is 1. The van der Waals surface area contributed by atoms with Crippen LogP contribution in [0.5, 0.6) is 11.5 Å². The van der Waals surface area contributed by atoms with Gasteiger partial charge in [-0.05, 0) is 68.0 Å². The Labute approximate surface area is 190 Å². The molecular formula is C24H32N2O5S. The quantitative estimate of drug-likeness (QED) is 0.642. The van der Waals surface area contributed by atoms with Crippen molar-refractivity contribution in [2.45, 2.75) is 50.5 Å². The Bertz CT molecular complexity index is 1060. The van der Waals surface area contributed by atoms with E-state index in [9.17, 15) is 13.2 Å². The Balaban J connectivity index is 1.90. The summed E-state index contributed by atoms with van der Waals surface area (Å²) < 4.78 is 39.9. The Morgan fingerprint density at radius 1 is 1.03 bits per heavy atom. The van der Waals surface area contributed by atoms with E-state index >= 15 is 0 Å². The van der Waals surface area contributed by atoms with Crippen LogP contribution in [0, 0.1) is 6.92 Å². The molecule has 3 rings (SSSR count). The standard InChI is InChI=1S/C24H32N2O5S/c1-5-21(18-9-11-22(30-3)17(2)15-18)25-32(28,29)19-10-12-23(31-4)20(16-19)24(27)26-13-7-6-8-14-26/h9-12,15-16,21,25H,5-8,13-14H2,1-4H3/t21-/m0/s1. The lowest BCUT2D eigenvalue weighted by atomic mass is 10.0. The zero-order chi connectivity index (χ0) is 23.3. The number of methoxy groups -OCH3 is 2. The number of aryl methyl sites for hydroxylation is 1. The first kappa shape index (κ1) is 24.1. The van der Waals surface area contributed by atoms with Gasteiger partial charge in [0, 0.05) is 19.1 Å². The van der Waals surface area contributed by atoms with Crippen molar-refractivity contribution in [2.24, 2.45) is 0 Å². The van der Waals surface area contributed by atoms with E-state index in [4.69, 9.17) is 9.47 Å². The molecule has 0 spiro atoms. The smallest absolute Gasteiger partial charge is 0.257 e. The van der Waals surface area contributed by atoms with E-state index in [0.717, 1.165) is 36.1 Å². The summed E-state index contributed by atoms with van der Waals surface area (Å²) in [5.74, 6) is 0.927. The van der Waals surface area contributed by atoms with Crippen molar-refractivity contribution in [3.8, 4) is 11.5 Å². The van der Waals surface area contributed by atoms with Gasteiger partial charge in [-0.2, -0.15) is 0 Å². The van der Waals surface area contributed by atoms with Gasteiger partial charge in [0.05, 0.1) is 24.7 Å². The highest BCUT2D eigenvalue weighted by Gasteiger charge is 2.26. The molecule has 1 amide bonds. The van der Waals surface area contributed by atoms with Crippen LogP contribution in [0.4, 0.5) is 0 Å². The molecule has 1 saturated heterocycles. The largest absolute Gasteiger partial charge is 0.496 e. The van der Waals surface area contributed by atoms with E-state index < -0.39 is 16.1 Å². The van der Waals surface area contributed by atoms with Gasteiger partial charge in [-0.1, -0.05) is 19.1 Å². The first-order valence-electron chi connectivity index (χ1n) is 10.9. The van der Waals surface area contributed by atoms with E-state index in [-0.39, 0.29) is 16.4 Å². The van der Waals surface area contributed by atoms with Crippen LogP contribution in [-0.4, -0.2) is 46.5 Å². The van der Waals surface area contributed by atoms with E-state index in [1.54, 1.807) is 18.1 Å². The summed E-state index contributed by atoms with van der Waals surface area (Å²) in [5.41, 5.74) is 2.06. The van der Waals surface area contributed by atoms with Gasteiger partial charge >= 0.3 is 0 Å². The molecule has 0 aromatic heterocycles. The van der Waals surface area contributed by atoms with Gasteiger partial charge in [0.25, 0.3) is 5.91 Å². The van der Waals surface area contributed by atoms with Crippen LogP contribution in [0.1, 0.15) is 60.1 Å². The van der Waals surface area contributed by atoms with Gasteiger partial charge in [-0.25, -0.2) is 13.1 Å². The Hall–Kier alpha value is -2.58. The molecule has 1 heterocycles. The first-order chi connectivity index (χ1) is 15.3. The lowest BCUT2D eigenvalue weighted by Gasteiger charge is -2.27. The second-order valence-electron chi connectivity index (χ2n) is 8.03. The Morgan fingerprint density at radius 2 is 1.69 bits per heavy atom. The summed E-state index contributed by atoms with van der Waals surface area (Å²) in [4.78, 5) is 14.9. The summed E-state index contributed by atoms with van der Waals surface area (Å²) >= 11 is 0. The lowest BCUT2D eigenvalue weighted by Crippen LogP contribution is -2.36. The SMILES string of the molecule is CC[C@H](NS(=O)(=O)c1ccc(OC)c(C(=O)N2CCCCC2)c1)c1ccc(OC)c(C)c1. The highest BCUT2D eigenvalue weighted by atomic mass is 32.2. The number of ether oxygens (including phenoxy) is 2. The summed E-state index contributed by atoms with van der Waals surface area (Å²) in [5, 5.41) is 0. The summed E-state index contributed by atoms with van der Waals surface area (Å²) in [6.07, 6.45) is 3.57. The molecule has 174 valence electrons. The molecule has 7 nitrogen and oxygen atoms in total. The molecule has 2 aromatic rings. The zero-order valence-corrected chi connectivity index (χ0v) is 20.0. The molecule has 0 unspecified atom stereocenters. The number of amides is 1. The fraction of sp³-hybridized carbons (Fsp3) is 0.458. The number of carbonyl (C=O) groups excluding carboxylic acids is 1. The molecule has 2 aromatic carbocycles. The van der Waals surface area contributed by atoms with Crippen molar-refractivity contribution >= 4 is 15.9 Å². The minimum atomic E-state index is -3.87. The number of nitrogens with zero attached hydrogens (tertiary/aromatic N) is 1. The molecule has 32 heavy (non-hydrogen) atoms. The maximum Gasteiger partial charge on any atom is 0.257 e. The number of benzene rings is 2. The molecule has 1 N–H and O–H groups in total. The Morgan fingerprint density at radius 3 is 2.28 bits per heavy atom. The average molecular weight is 461 g/mol. The third-order valence-corrected chi connectivity index (χ3v) is 7.35.